The van der Waals surface area contributed by atoms with Gasteiger partial charge < -0.3 is 9.84 Å². The topological polar surface area (TPSA) is 29.5 Å². The van der Waals surface area contributed by atoms with E-state index in [0.29, 0.717) is 6.61 Å². The van der Waals surface area contributed by atoms with E-state index in [-0.39, 0.29) is 12.0 Å². The maximum atomic E-state index is 9.77. The molecule has 2 rings (SSSR count). The Morgan fingerprint density at radius 2 is 2.07 bits per heavy atom. The average molecular weight is 206 g/mol. The standard InChI is InChI=1S/C13H18O2/c1-10-12(8-13(10,2)14)15-9-11-6-4-3-5-7-11/h3-7,10,12,14H,8-9H2,1-2H3/t10-,12-,13+/m0/s1. The molecule has 1 saturated carbocycles. The van der Waals surface area contributed by atoms with Gasteiger partial charge >= 0.3 is 0 Å². The summed E-state index contributed by atoms with van der Waals surface area (Å²) in [5.41, 5.74) is 0.665. The fourth-order valence-corrected chi connectivity index (χ4v) is 1.99. The van der Waals surface area contributed by atoms with Gasteiger partial charge in [0.1, 0.15) is 0 Å². The zero-order chi connectivity index (χ0) is 10.9. The number of hydrogen-bond donors (Lipinski definition) is 1. The number of rotatable bonds is 3. The Hall–Kier alpha value is -0.860. The van der Waals surface area contributed by atoms with Gasteiger partial charge in [0, 0.05) is 12.3 Å². The summed E-state index contributed by atoms with van der Waals surface area (Å²) in [4.78, 5) is 0. The molecule has 0 radical (unpaired) electrons. The van der Waals surface area contributed by atoms with Crippen molar-refractivity contribution in [2.24, 2.45) is 5.92 Å². The highest BCUT2D eigenvalue weighted by molar-refractivity contribution is 5.13. The minimum atomic E-state index is -0.526. The Morgan fingerprint density at radius 3 is 2.60 bits per heavy atom. The van der Waals surface area contributed by atoms with E-state index in [1.165, 1.54) is 5.56 Å². The van der Waals surface area contributed by atoms with Crippen molar-refractivity contribution in [1.82, 2.24) is 0 Å². The van der Waals surface area contributed by atoms with Gasteiger partial charge in [-0.3, -0.25) is 0 Å². The fourth-order valence-electron chi connectivity index (χ4n) is 1.99. The van der Waals surface area contributed by atoms with E-state index in [1.807, 2.05) is 32.0 Å². The van der Waals surface area contributed by atoms with Gasteiger partial charge in [0.15, 0.2) is 0 Å². The molecule has 0 unspecified atom stereocenters. The van der Waals surface area contributed by atoms with Gasteiger partial charge in [0.05, 0.1) is 18.3 Å². The first-order valence-electron chi connectivity index (χ1n) is 5.47. The molecular weight excluding hydrogens is 188 g/mol. The number of benzene rings is 1. The molecular formula is C13H18O2. The van der Waals surface area contributed by atoms with Crippen molar-refractivity contribution in [3.8, 4) is 0 Å². The summed E-state index contributed by atoms with van der Waals surface area (Å²) in [6.07, 6.45) is 0.960. The second kappa shape index (κ2) is 3.95. The molecule has 1 fully saturated rings. The second-order valence-electron chi connectivity index (χ2n) is 4.69. The van der Waals surface area contributed by atoms with Gasteiger partial charge in [0.25, 0.3) is 0 Å². The van der Waals surface area contributed by atoms with Crippen LogP contribution in [0.2, 0.25) is 0 Å². The number of hydrogen-bond acceptors (Lipinski definition) is 2. The number of aliphatic hydroxyl groups is 1. The van der Waals surface area contributed by atoms with E-state index in [4.69, 9.17) is 4.74 Å². The molecule has 0 aliphatic heterocycles. The smallest absolute Gasteiger partial charge is 0.0720 e. The molecule has 0 saturated heterocycles. The van der Waals surface area contributed by atoms with E-state index in [2.05, 4.69) is 12.1 Å². The third-order valence-electron chi connectivity index (χ3n) is 3.46. The lowest BCUT2D eigenvalue weighted by molar-refractivity contribution is -0.182. The fraction of sp³-hybridized carbons (Fsp3) is 0.538. The van der Waals surface area contributed by atoms with Crippen molar-refractivity contribution in [2.75, 3.05) is 0 Å². The Morgan fingerprint density at radius 1 is 1.40 bits per heavy atom. The quantitative estimate of drug-likeness (QED) is 0.822. The molecule has 0 heterocycles. The molecule has 82 valence electrons. The van der Waals surface area contributed by atoms with Crippen LogP contribution in [-0.2, 0) is 11.3 Å². The molecule has 1 N–H and O–H groups in total. The van der Waals surface area contributed by atoms with Crippen LogP contribution in [0.5, 0.6) is 0 Å². The third kappa shape index (κ3) is 2.21. The zero-order valence-corrected chi connectivity index (χ0v) is 9.31. The van der Waals surface area contributed by atoms with Crippen molar-refractivity contribution in [3.05, 3.63) is 35.9 Å². The van der Waals surface area contributed by atoms with Crippen molar-refractivity contribution in [3.63, 3.8) is 0 Å². The monoisotopic (exact) mass is 206 g/mol. The summed E-state index contributed by atoms with van der Waals surface area (Å²) in [5, 5.41) is 9.77. The van der Waals surface area contributed by atoms with Crippen LogP contribution in [0.3, 0.4) is 0 Å². The van der Waals surface area contributed by atoms with Crippen molar-refractivity contribution < 1.29 is 9.84 Å². The van der Waals surface area contributed by atoms with Gasteiger partial charge in [0.2, 0.25) is 0 Å². The maximum Gasteiger partial charge on any atom is 0.0720 e. The Balaban J connectivity index is 1.81. The van der Waals surface area contributed by atoms with Gasteiger partial charge in [-0.1, -0.05) is 37.3 Å². The lowest BCUT2D eigenvalue weighted by atomic mass is 9.69. The van der Waals surface area contributed by atoms with E-state index in [1.54, 1.807) is 0 Å². The molecule has 1 aromatic carbocycles. The molecule has 15 heavy (non-hydrogen) atoms. The maximum absolute atomic E-state index is 9.77. The molecule has 0 aromatic heterocycles. The molecule has 2 nitrogen and oxygen atoms in total. The van der Waals surface area contributed by atoms with Crippen molar-refractivity contribution in [2.45, 2.75) is 38.6 Å². The summed E-state index contributed by atoms with van der Waals surface area (Å²) >= 11 is 0. The second-order valence-corrected chi connectivity index (χ2v) is 4.69. The molecule has 2 heteroatoms. The average Bonchev–Trinajstić information content (AvgIpc) is 2.25. The normalized spacial score (nSPS) is 34.9. The van der Waals surface area contributed by atoms with Crippen LogP contribution in [0.4, 0.5) is 0 Å². The van der Waals surface area contributed by atoms with Crippen LogP contribution >= 0.6 is 0 Å². The molecule has 0 amide bonds. The zero-order valence-electron chi connectivity index (χ0n) is 9.31. The molecule has 0 bridgehead atoms. The van der Waals surface area contributed by atoms with Gasteiger partial charge in [-0.2, -0.15) is 0 Å². The molecule has 0 spiro atoms. The summed E-state index contributed by atoms with van der Waals surface area (Å²) in [7, 11) is 0. The Bertz CT molecular complexity index is 319. The molecule has 1 aromatic rings. The first-order chi connectivity index (χ1) is 7.09. The molecule has 1 aliphatic rings. The molecule has 1 aliphatic carbocycles. The summed E-state index contributed by atoms with van der Waals surface area (Å²) in [6, 6.07) is 10.1. The van der Waals surface area contributed by atoms with Crippen molar-refractivity contribution in [1.29, 1.82) is 0 Å². The van der Waals surface area contributed by atoms with Crippen LogP contribution in [0, 0.1) is 5.92 Å². The first kappa shape index (κ1) is 10.7. The predicted octanol–water partition coefficient (Wildman–Crippen LogP) is 2.36. The van der Waals surface area contributed by atoms with Crippen LogP contribution < -0.4 is 0 Å². The van der Waals surface area contributed by atoms with Crippen LogP contribution in [0.1, 0.15) is 25.8 Å². The highest BCUT2D eigenvalue weighted by Crippen LogP contribution is 2.40. The van der Waals surface area contributed by atoms with E-state index in [9.17, 15) is 5.11 Å². The van der Waals surface area contributed by atoms with Crippen LogP contribution in [0.15, 0.2) is 30.3 Å². The predicted molar refractivity (Wildman–Crippen MR) is 59.4 cm³/mol. The molecule has 3 atom stereocenters. The van der Waals surface area contributed by atoms with Crippen LogP contribution in [-0.4, -0.2) is 16.8 Å². The van der Waals surface area contributed by atoms with E-state index < -0.39 is 5.60 Å². The minimum absolute atomic E-state index is 0.209. The first-order valence-corrected chi connectivity index (χ1v) is 5.47. The van der Waals surface area contributed by atoms with Gasteiger partial charge in [-0.25, -0.2) is 0 Å². The van der Waals surface area contributed by atoms with E-state index >= 15 is 0 Å². The minimum Gasteiger partial charge on any atom is -0.390 e. The summed E-state index contributed by atoms with van der Waals surface area (Å²) in [6.45, 7) is 4.56. The Labute approximate surface area is 90.9 Å². The van der Waals surface area contributed by atoms with Gasteiger partial charge in [-0.15, -0.1) is 0 Å². The summed E-state index contributed by atoms with van der Waals surface area (Å²) < 4.78 is 5.75. The van der Waals surface area contributed by atoms with E-state index in [0.717, 1.165) is 6.42 Å². The number of ether oxygens (including phenoxy) is 1. The Kier molecular flexibility index (Phi) is 2.81. The highest BCUT2D eigenvalue weighted by Gasteiger charge is 2.47. The van der Waals surface area contributed by atoms with Crippen molar-refractivity contribution >= 4 is 0 Å². The lowest BCUT2D eigenvalue weighted by Gasteiger charge is -2.47. The van der Waals surface area contributed by atoms with Gasteiger partial charge in [-0.05, 0) is 12.5 Å². The highest BCUT2D eigenvalue weighted by atomic mass is 16.5. The lowest BCUT2D eigenvalue weighted by Crippen LogP contribution is -2.54. The summed E-state index contributed by atoms with van der Waals surface area (Å²) in [5.74, 6) is 0.237. The SMILES string of the molecule is C[C@H]1[C@@H](OCc2ccccc2)C[C@@]1(C)O. The largest absolute Gasteiger partial charge is 0.390 e. The third-order valence-corrected chi connectivity index (χ3v) is 3.46. The van der Waals surface area contributed by atoms with Crippen LogP contribution in [0.25, 0.3) is 0 Å².